The minimum Gasteiger partial charge on any atom is -0.509 e. The van der Waals surface area contributed by atoms with Crippen LogP contribution in [-0.4, -0.2) is 21.5 Å². The summed E-state index contributed by atoms with van der Waals surface area (Å²) in [6.07, 6.45) is 3.78. The summed E-state index contributed by atoms with van der Waals surface area (Å²) in [4.78, 5) is 14.6. The number of nitrogens with zero attached hydrogens (tertiary/aromatic N) is 5. The van der Waals surface area contributed by atoms with Crippen LogP contribution in [0.25, 0.3) is 38.8 Å². The molecule has 10 rings (SSSR count). The van der Waals surface area contributed by atoms with E-state index in [2.05, 4.69) is 158 Å². The van der Waals surface area contributed by atoms with Crippen molar-refractivity contribution in [2.45, 2.75) is 40.0 Å². The summed E-state index contributed by atoms with van der Waals surface area (Å²) < 4.78 is 8.88. The molecule has 0 saturated heterocycles. The van der Waals surface area contributed by atoms with Crippen molar-refractivity contribution in [3.63, 3.8) is 0 Å². The molecule has 2 aliphatic rings. The van der Waals surface area contributed by atoms with Gasteiger partial charge in [0.2, 0.25) is 0 Å². The van der Waals surface area contributed by atoms with Crippen LogP contribution in [0.5, 0.6) is 11.5 Å². The minimum atomic E-state index is -0.148. The summed E-state index contributed by atoms with van der Waals surface area (Å²) in [5.74, 6) is 2.97. The molecule has 8 aromatic rings. The first-order chi connectivity index (χ1) is 25.8. The molecule has 5 aromatic carbocycles. The Hall–Kier alpha value is -5.65. The average Bonchev–Trinajstić information content (AvgIpc) is 3.68. The fraction of sp³-hybridized carbons (Fsp3) is 0.130. The maximum Gasteiger partial charge on any atom is 2.00 e. The summed E-state index contributed by atoms with van der Waals surface area (Å²) in [6, 6.07) is 47.7. The van der Waals surface area contributed by atoms with Crippen molar-refractivity contribution in [2.75, 3.05) is 9.62 Å². The van der Waals surface area contributed by atoms with Gasteiger partial charge in [-0.15, -0.1) is 35.2 Å². The summed E-state index contributed by atoms with van der Waals surface area (Å²) in [6.45, 7) is 10.9. The number of hydrogen-bond donors (Lipinski definition) is 0. The third kappa shape index (κ3) is 5.20. The van der Waals surface area contributed by atoms with Crippen LogP contribution in [0.2, 0.25) is 0 Å². The number of aryl methyl sites for hydroxylation is 2. The number of hydrogen-bond acceptors (Lipinski definition) is 5. The molecular formula is C46H36BN5OPt. The monoisotopic (exact) mass is 880 g/mol. The van der Waals surface area contributed by atoms with Gasteiger partial charge in [0.15, 0.2) is 0 Å². The van der Waals surface area contributed by atoms with Crippen molar-refractivity contribution < 1.29 is 25.8 Å². The molecule has 0 N–H and O–H groups in total. The molecule has 0 spiro atoms. The fourth-order valence-corrected chi connectivity index (χ4v) is 8.26. The molecule has 3 aromatic heterocycles. The van der Waals surface area contributed by atoms with Crippen LogP contribution < -0.4 is 19.8 Å². The Bertz CT molecular complexity index is 2750. The first-order valence-electron chi connectivity index (χ1n) is 18.1. The number of para-hydroxylation sites is 2. The van der Waals surface area contributed by atoms with Gasteiger partial charge in [-0.1, -0.05) is 98.2 Å². The summed E-state index contributed by atoms with van der Waals surface area (Å²) >= 11 is 0. The molecule has 264 valence electrons. The second kappa shape index (κ2) is 12.7. The van der Waals surface area contributed by atoms with Gasteiger partial charge in [0, 0.05) is 35.1 Å². The van der Waals surface area contributed by atoms with E-state index >= 15 is 0 Å². The van der Waals surface area contributed by atoms with Crippen LogP contribution in [0.15, 0.2) is 128 Å². The zero-order valence-electron chi connectivity index (χ0n) is 30.7. The maximum atomic E-state index is 6.69. The number of fused-ring (bicyclic) bond motifs is 11. The first-order valence-corrected chi connectivity index (χ1v) is 18.1. The van der Waals surface area contributed by atoms with E-state index in [9.17, 15) is 0 Å². The zero-order chi connectivity index (χ0) is 36.0. The van der Waals surface area contributed by atoms with Gasteiger partial charge in [-0.2, -0.15) is 12.1 Å². The Morgan fingerprint density at radius 3 is 2.26 bits per heavy atom. The molecule has 5 heterocycles. The van der Waals surface area contributed by atoms with Gasteiger partial charge in [0.1, 0.15) is 11.6 Å². The number of benzene rings is 5. The van der Waals surface area contributed by atoms with Crippen LogP contribution in [0.4, 0.5) is 22.9 Å². The molecule has 0 atom stereocenters. The largest absolute Gasteiger partial charge is 2.00 e. The normalized spacial score (nSPS) is 13.0. The van der Waals surface area contributed by atoms with E-state index in [1.165, 1.54) is 33.4 Å². The number of rotatable bonds is 4. The topological polar surface area (TPSA) is 46.4 Å². The smallest absolute Gasteiger partial charge is 0.509 e. The van der Waals surface area contributed by atoms with Gasteiger partial charge in [-0.25, -0.2) is 9.97 Å². The van der Waals surface area contributed by atoms with Crippen molar-refractivity contribution in [1.82, 2.24) is 14.5 Å². The van der Waals surface area contributed by atoms with Gasteiger partial charge >= 0.3 is 28.0 Å². The molecule has 0 radical (unpaired) electrons. The zero-order valence-corrected chi connectivity index (χ0v) is 32.9. The van der Waals surface area contributed by atoms with Crippen LogP contribution in [0.3, 0.4) is 0 Å². The third-order valence-corrected chi connectivity index (χ3v) is 10.7. The van der Waals surface area contributed by atoms with Crippen molar-refractivity contribution in [1.29, 1.82) is 0 Å². The van der Waals surface area contributed by atoms with Crippen molar-refractivity contribution in [3.05, 3.63) is 156 Å². The molecule has 8 heteroatoms. The van der Waals surface area contributed by atoms with E-state index in [-0.39, 0.29) is 33.5 Å². The van der Waals surface area contributed by atoms with Crippen LogP contribution >= 0.6 is 0 Å². The van der Waals surface area contributed by atoms with Crippen LogP contribution in [0, 0.1) is 26.0 Å². The first kappa shape index (κ1) is 34.1. The van der Waals surface area contributed by atoms with Crippen molar-refractivity contribution in [3.8, 4) is 28.4 Å². The van der Waals surface area contributed by atoms with E-state index < -0.39 is 0 Å². The molecule has 0 bridgehead atoms. The molecule has 0 amide bonds. The van der Waals surface area contributed by atoms with Crippen LogP contribution in [-0.2, 0) is 26.5 Å². The van der Waals surface area contributed by atoms with Gasteiger partial charge in [0.25, 0.3) is 0 Å². The summed E-state index contributed by atoms with van der Waals surface area (Å²) in [5.41, 5.74) is 12.3. The van der Waals surface area contributed by atoms with Gasteiger partial charge in [-0.3, -0.25) is 0 Å². The van der Waals surface area contributed by atoms with Crippen molar-refractivity contribution >= 4 is 57.1 Å². The molecule has 0 saturated carbocycles. The Balaban J connectivity index is 0.00000384. The van der Waals surface area contributed by atoms with Gasteiger partial charge in [0.05, 0.1) is 5.69 Å². The Morgan fingerprint density at radius 1 is 0.667 bits per heavy atom. The van der Waals surface area contributed by atoms with Crippen LogP contribution in [0.1, 0.15) is 37.5 Å². The van der Waals surface area contributed by atoms with Gasteiger partial charge < -0.3 is 18.9 Å². The molecule has 0 unspecified atom stereocenters. The Morgan fingerprint density at radius 2 is 1.43 bits per heavy atom. The number of ether oxygens (including phenoxy) is 1. The molecular weight excluding hydrogens is 844 g/mol. The average molecular weight is 881 g/mol. The third-order valence-electron chi connectivity index (χ3n) is 10.7. The maximum absolute atomic E-state index is 6.69. The van der Waals surface area contributed by atoms with E-state index in [1.54, 1.807) is 0 Å². The predicted molar refractivity (Wildman–Crippen MR) is 217 cm³/mol. The predicted octanol–water partition coefficient (Wildman–Crippen LogP) is 10.5. The summed E-state index contributed by atoms with van der Waals surface area (Å²) in [7, 11) is 0. The second-order valence-corrected chi connectivity index (χ2v) is 15.1. The quantitative estimate of drug-likeness (QED) is 0.130. The van der Waals surface area contributed by atoms with E-state index in [0.717, 1.165) is 50.4 Å². The minimum absolute atomic E-state index is 0. The van der Waals surface area contributed by atoms with E-state index in [1.807, 2.05) is 30.6 Å². The Labute approximate surface area is 330 Å². The van der Waals surface area contributed by atoms with E-state index in [4.69, 9.17) is 14.7 Å². The SMILES string of the molecule is Cc1cccc(C)c1N1B2c3ccccc3-c3ccc(Oc4[c-]c5c(cc4)c4ccccc4n5-c4cc(C(C)(C)C)ccn4)[c-]c3N2c2ncccc21.[Pt+2]. The molecule has 54 heavy (non-hydrogen) atoms. The second-order valence-electron chi connectivity index (χ2n) is 15.1. The molecule has 2 aliphatic heterocycles. The molecule has 0 aliphatic carbocycles. The standard InChI is InChI=1S/C46H36BN5O.Pt/c1-29-12-10-13-30(2)44(29)51-40-18-11-24-49-45(40)52-42-28-33(19-21-36(42)34-14-6-8-16-38(34)47(51)52)53-32-20-22-37-35-15-7-9-17-39(35)50(41(37)27-32)43-26-31(23-25-48-43)46(3,4)5;/h6-26H,1-5H3;/q-2;+2. The molecule has 6 nitrogen and oxygen atoms in total. The van der Waals surface area contributed by atoms with Crippen molar-refractivity contribution in [2.24, 2.45) is 0 Å². The fourth-order valence-electron chi connectivity index (χ4n) is 8.26. The Kier molecular flexibility index (Phi) is 8.06. The van der Waals surface area contributed by atoms with Gasteiger partial charge in [-0.05, 0) is 77.1 Å². The number of anilines is 4. The molecule has 0 fully saturated rings. The van der Waals surface area contributed by atoms with E-state index in [0.29, 0.717) is 11.5 Å². The number of aromatic nitrogens is 3. The summed E-state index contributed by atoms with van der Waals surface area (Å²) in [5, 5.41) is 2.24. The number of pyridine rings is 2.